The van der Waals surface area contributed by atoms with Crippen molar-refractivity contribution in [1.82, 2.24) is 25.1 Å². The molecule has 0 radical (unpaired) electrons. The van der Waals surface area contributed by atoms with Crippen molar-refractivity contribution in [2.24, 2.45) is 11.3 Å². The lowest BCUT2D eigenvalue weighted by molar-refractivity contribution is -0.136. The van der Waals surface area contributed by atoms with Crippen LogP contribution in [0.2, 0.25) is 0 Å². The molecular weight excluding hydrogens is 535 g/mol. The molecule has 1 aromatic carbocycles. The van der Waals surface area contributed by atoms with Gasteiger partial charge in [-0.15, -0.1) is 0 Å². The maximum Gasteiger partial charge on any atom is 0.258 e. The number of halogens is 1. The number of aromatic nitrogens is 2. The first-order valence-corrected chi connectivity index (χ1v) is 15.5. The minimum absolute atomic E-state index is 0.0115. The van der Waals surface area contributed by atoms with E-state index in [2.05, 4.69) is 25.1 Å². The van der Waals surface area contributed by atoms with Crippen LogP contribution in [0.3, 0.4) is 0 Å². The van der Waals surface area contributed by atoms with Crippen LogP contribution in [0, 0.1) is 17.2 Å². The van der Waals surface area contributed by atoms with Gasteiger partial charge in [-0.3, -0.25) is 9.59 Å². The first-order valence-electron chi connectivity index (χ1n) is 15.5. The molecule has 9 nitrogen and oxygen atoms in total. The van der Waals surface area contributed by atoms with Crippen molar-refractivity contribution < 1.29 is 18.7 Å². The molecule has 5 aliphatic rings. The Labute approximate surface area is 247 Å². The molecule has 1 spiro atoms. The van der Waals surface area contributed by atoms with Gasteiger partial charge in [-0.2, -0.15) is 0 Å². The van der Waals surface area contributed by atoms with Gasteiger partial charge in [0.1, 0.15) is 17.9 Å². The second-order valence-electron chi connectivity index (χ2n) is 13.3. The number of fused-ring (bicyclic) bond motifs is 3. The monoisotopic (exact) mass is 578 g/mol. The van der Waals surface area contributed by atoms with Crippen LogP contribution in [0.25, 0.3) is 0 Å². The van der Waals surface area contributed by atoms with E-state index in [-0.39, 0.29) is 46.7 Å². The first-order chi connectivity index (χ1) is 20.1. The van der Waals surface area contributed by atoms with E-state index in [0.717, 1.165) is 51.9 Å². The van der Waals surface area contributed by atoms with Crippen molar-refractivity contribution in [3.8, 4) is 11.5 Å². The molecule has 1 aliphatic carbocycles. The highest BCUT2D eigenvalue weighted by Gasteiger charge is 2.48. The highest BCUT2D eigenvalue weighted by molar-refractivity contribution is 5.97. The van der Waals surface area contributed by atoms with Gasteiger partial charge in [-0.1, -0.05) is 0 Å². The number of piperidine rings is 2. The zero-order valence-electron chi connectivity index (χ0n) is 25.2. The van der Waals surface area contributed by atoms with E-state index in [9.17, 15) is 14.0 Å². The molecular formula is C32H43FN6O3. The average Bonchev–Trinajstić information content (AvgIpc) is 3.60. The predicted octanol–water partition coefficient (Wildman–Crippen LogP) is 4.63. The molecule has 4 aliphatic heterocycles. The summed E-state index contributed by atoms with van der Waals surface area (Å²) in [5, 5.41) is 3.62. The molecule has 2 aromatic rings. The summed E-state index contributed by atoms with van der Waals surface area (Å²) in [4.78, 5) is 41.9. The fourth-order valence-electron chi connectivity index (χ4n) is 7.75. The van der Waals surface area contributed by atoms with Gasteiger partial charge >= 0.3 is 0 Å². The number of anilines is 1. The van der Waals surface area contributed by atoms with Gasteiger partial charge in [-0.05, 0) is 90.3 Å². The molecule has 7 rings (SSSR count). The standard InChI is InChI=1S/C32H43FN6O3/c1-20(2)39(21(3)4)30(40)25-15-23(33)7-10-26(25)42-27-16-34-19-35-29(27)37-13-11-32(17-37)12-14-38(18-32)31(41)28-22-5-8-24(36-28)9-6-22/h7,10,15-16,19-22,24,28,36H,5-6,8-9,11-14,17-18H2,1-4H3/t22?,24?,28-,32?/m0/s1. The largest absolute Gasteiger partial charge is 0.451 e. The van der Waals surface area contributed by atoms with Gasteiger partial charge in [0.2, 0.25) is 5.91 Å². The van der Waals surface area contributed by atoms with Gasteiger partial charge in [-0.25, -0.2) is 14.4 Å². The van der Waals surface area contributed by atoms with E-state index in [1.807, 2.05) is 27.7 Å². The van der Waals surface area contributed by atoms with Crippen molar-refractivity contribution in [2.75, 3.05) is 31.1 Å². The van der Waals surface area contributed by atoms with Crippen LogP contribution in [0.5, 0.6) is 11.5 Å². The van der Waals surface area contributed by atoms with E-state index in [1.165, 1.54) is 37.4 Å². The molecule has 1 N–H and O–H groups in total. The van der Waals surface area contributed by atoms with Crippen molar-refractivity contribution in [3.05, 3.63) is 42.1 Å². The van der Waals surface area contributed by atoms with E-state index in [0.29, 0.717) is 23.5 Å². The van der Waals surface area contributed by atoms with E-state index >= 15 is 0 Å². The van der Waals surface area contributed by atoms with Gasteiger partial charge in [0.05, 0.1) is 17.8 Å². The highest BCUT2D eigenvalue weighted by Crippen LogP contribution is 2.44. The SMILES string of the molecule is CC(C)N(C(=O)c1cc(F)ccc1Oc1cncnc1N1CCC2(CCN(C(=O)[C@H]3NC4CCC3CC4)C2)C1)C(C)C. The summed E-state index contributed by atoms with van der Waals surface area (Å²) in [7, 11) is 0. The number of carbonyl (C=O) groups excluding carboxylic acids is 2. The Hall–Kier alpha value is -3.27. The second-order valence-corrected chi connectivity index (χ2v) is 13.3. The third-order valence-electron chi connectivity index (χ3n) is 9.81. The summed E-state index contributed by atoms with van der Waals surface area (Å²) in [5.41, 5.74) is 0.178. The average molecular weight is 579 g/mol. The Bertz CT molecular complexity index is 1320. The van der Waals surface area contributed by atoms with Crippen molar-refractivity contribution in [1.29, 1.82) is 0 Å². The Balaban J connectivity index is 1.18. The molecule has 5 fully saturated rings. The van der Waals surface area contributed by atoms with Crippen LogP contribution in [0.15, 0.2) is 30.7 Å². The molecule has 2 amide bonds. The van der Waals surface area contributed by atoms with Crippen molar-refractivity contribution >= 4 is 17.6 Å². The molecule has 226 valence electrons. The van der Waals surface area contributed by atoms with Crippen molar-refractivity contribution in [2.45, 2.75) is 90.4 Å². The Kier molecular flexibility index (Phi) is 7.85. The molecule has 5 heterocycles. The maximum atomic E-state index is 14.4. The Morgan fingerprint density at radius 2 is 1.79 bits per heavy atom. The number of benzene rings is 1. The number of nitrogens with one attached hydrogen (secondary N) is 1. The summed E-state index contributed by atoms with van der Waals surface area (Å²) in [5.74, 6) is 1.29. The van der Waals surface area contributed by atoms with Gasteiger partial charge in [0.25, 0.3) is 5.91 Å². The Morgan fingerprint density at radius 1 is 1.05 bits per heavy atom. The summed E-state index contributed by atoms with van der Waals surface area (Å²) < 4.78 is 20.7. The quantitative estimate of drug-likeness (QED) is 0.513. The smallest absolute Gasteiger partial charge is 0.258 e. The molecule has 2 atom stereocenters. The number of carbonyl (C=O) groups is 2. The number of hydrogen-bond donors (Lipinski definition) is 1. The molecule has 42 heavy (non-hydrogen) atoms. The topological polar surface area (TPSA) is 90.9 Å². The zero-order valence-corrected chi connectivity index (χ0v) is 25.2. The van der Waals surface area contributed by atoms with Crippen LogP contribution in [-0.4, -0.2) is 81.9 Å². The molecule has 1 aromatic heterocycles. The van der Waals surface area contributed by atoms with E-state index in [1.54, 1.807) is 11.1 Å². The minimum Gasteiger partial charge on any atom is -0.451 e. The number of nitrogens with zero attached hydrogens (tertiary/aromatic N) is 5. The van der Waals surface area contributed by atoms with Crippen LogP contribution in [0.4, 0.5) is 10.2 Å². The molecule has 1 saturated carbocycles. The first kappa shape index (κ1) is 28.8. The number of amides is 2. The van der Waals surface area contributed by atoms with E-state index in [4.69, 9.17) is 4.74 Å². The predicted molar refractivity (Wildman–Crippen MR) is 158 cm³/mol. The lowest BCUT2D eigenvalue weighted by Gasteiger charge is -2.44. The second kappa shape index (κ2) is 11.4. The van der Waals surface area contributed by atoms with Crippen LogP contribution < -0.4 is 15.0 Å². The minimum atomic E-state index is -0.499. The summed E-state index contributed by atoms with van der Waals surface area (Å²) in [6.45, 7) is 10.9. The molecule has 4 saturated heterocycles. The molecule has 10 heteroatoms. The normalized spacial score (nSPS) is 27.0. The summed E-state index contributed by atoms with van der Waals surface area (Å²) >= 11 is 0. The molecule has 1 unspecified atom stereocenters. The highest BCUT2D eigenvalue weighted by atomic mass is 19.1. The third-order valence-corrected chi connectivity index (χ3v) is 9.81. The lowest BCUT2D eigenvalue weighted by Crippen LogP contribution is -2.59. The Morgan fingerprint density at radius 3 is 2.48 bits per heavy atom. The fraction of sp³-hybridized carbons (Fsp3) is 0.625. The summed E-state index contributed by atoms with van der Waals surface area (Å²) in [6, 6.07) is 4.37. The van der Waals surface area contributed by atoms with Gasteiger partial charge in [0, 0.05) is 49.7 Å². The molecule has 2 bridgehead atoms. The van der Waals surface area contributed by atoms with Gasteiger partial charge in [0.15, 0.2) is 11.6 Å². The number of rotatable bonds is 7. The van der Waals surface area contributed by atoms with Crippen LogP contribution >= 0.6 is 0 Å². The maximum absolute atomic E-state index is 14.4. The van der Waals surface area contributed by atoms with Crippen LogP contribution in [0.1, 0.15) is 76.6 Å². The fourth-order valence-corrected chi connectivity index (χ4v) is 7.75. The van der Waals surface area contributed by atoms with Gasteiger partial charge < -0.3 is 24.8 Å². The van der Waals surface area contributed by atoms with Crippen LogP contribution in [-0.2, 0) is 4.79 Å². The third kappa shape index (κ3) is 5.45. The number of ether oxygens (including phenoxy) is 1. The number of likely N-dealkylation sites (tertiary alicyclic amines) is 1. The van der Waals surface area contributed by atoms with Crippen molar-refractivity contribution in [3.63, 3.8) is 0 Å². The lowest BCUT2D eigenvalue weighted by atomic mass is 9.76. The number of hydrogen-bond acceptors (Lipinski definition) is 7. The summed E-state index contributed by atoms with van der Waals surface area (Å²) in [6.07, 6.45) is 9.73. The zero-order chi connectivity index (χ0) is 29.6. The van der Waals surface area contributed by atoms with E-state index < -0.39 is 5.82 Å².